The summed E-state index contributed by atoms with van der Waals surface area (Å²) in [6.07, 6.45) is 6.72. The molecule has 2 fully saturated rings. The van der Waals surface area contributed by atoms with Crippen LogP contribution in [0.5, 0.6) is 34.5 Å². The highest BCUT2D eigenvalue weighted by molar-refractivity contribution is 5.92. The average molecular weight is 835 g/mol. The molecule has 0 amide bonds. The van der Waals surface area contributed by atoms with Crippen LogP contribution in [-0.4, -0.2) is 63.8 Å². The molecule has 2 aliphatic rings. The summed E-state index contributed by atoms with van der Waals surface area (Å²) in [5.74, 6) is 3.18. The summed E-state index contributed by atoms with van der Waals surface area (Å²) in [6.45, 7) is 3.91. The largest absolute Gasteiger partial charge is 0.494 e. The Hall–Kier alpha value is -6.62. The second-order valence-electron chi connectivity index (χ2n) is 15.3. The minimum absolute atomic E-state index is 0.221. The number of unbranched alkanes of at least 4 members (excludes halogenated alkanes) is 5. The summed E-state index contributed by atoms with van der Waals surface area (Å²) in [5.41, 5.74) is 5.03. The van der Waals surface area contributed by atoms with Gasteiger partial charge in [-0.15, -0.1) is 0 Å². The highest BCUT2D eigenvalue weighted by Crippen LogP contribution is 2.28. The van der Waals surface area contributed by atoms with Crippen LogP contribution in [0, 0.1) is 0 Å². The fraction of sp³-hybridized carbons (Fsp3) is 0.269. The molecule has 0 spiro atoms. The van der Waals surface area contributed by atoms with Crippen molar-refractivity contribution < 1.29 is 47.5 Å². The first-order chi connectivity index (χ1) is 30.5. The Morgan fingerprint density at radius 3 is 0.968 bits per heavy atom. The molecule has 318 valence electrons. The van der Waals surface area contributed by atoms with Crippen LogP contribution in [0.2, 0.25) is 0 Å². The lowest BCUT2D eigenvalue weighted by Gasteiger charge is -2.09. The number of hydrogen-bond acceptors (Lipinski definition) is 10. The van der Waals surface area contributed by atoms with E-state index in [1.807, 2.05) is 72.8 Å². The van der Waals surface area contributed by atoms with Gasteiger partial charge in [-0.25, -0.2) is 9.59 Å². The normalized spacial score (nSPS) is 15.0. The lowest BCUT2D eigenvalue weighted by molar-refractivity contribution is 0.0725. The third-order valence-electron chi connectivity index (χ3n) is 10.4. The van der Waals surface area contributed by atoms with Gasteiger partial charge in [0, 0.05) is 0 Å². The SMILES string of the molecule is O=C(Oc1ccc(-c2ccc(OCC3CO3)cc2)cc1)c1ccc(OCCCCCCCCOc2ccc(C(=O)Oc3ccc(-c4ccc(OCC5CO5)cc4)cc3)cc2)cc1. The summed E-state index contributed by atoms with van der Waals surface area (Å²) in [5, 5.41) is 0. The molecule has 0 aliphatic carbocycles. The van der Waals surface area contributed by atoms with Crippen LogP contribution in [0.25, 0.3) is 22.3 Å². The van der Waals surface area contributed by atoms with E-state index in [9.17, 15) is 9.59 Å². The smallest absolute Gasteiger partial charge is 0.343 e. The van der Waals surface area contributed by atoms with Gasteiger partial charge in [0.15, 0.2) is 0 Å². The number of ether oxygens (including phenoxy) is 8. The van der Waals surface area contributed by atoms with Crippen molar-refractivity contribution in [2.45, 2.75) is 50.7 Å². The Morgan fingerprint density at radius 1 is 0.371 bits per heavy atom. The molecular weight excluding hydrogens is 785 g/mol. The van der Waals surface area contributed by atoms with E-state index in [-0.39, 0.29) is 12.2 Å². The molecule has 10 nitrogen and oxygen atoms in total. The lowest BCUT2D eigenvalue weighted by Crippen LogP contribution is -2.08. The molecule has 2 saturated heterocycles. The highest BCUT2D eigenvalue weighted by Gasteiger charge is 2.23. The predicted molar refractivity (Wildman–Crippen MR) is 236 cm³/mol. The standard InChI is InChI=1S/C52H50O10/c53-51(61-47-27-11-39(12-28-47)37-7-19-45(20-8-37)57-33-49-35-59-49)41-15-23-43(24-16-41)55-31-5-3-1-2-4-6-32-56-44-25-17-42(18-26-44)52(54)62-48-29-13-40(14-30-48)38-9-21-46(22-10-38)58-34-50-36-60-50/h7-30,49-50H,1-6,31-36H2. The van der Waals surface area contributed by atoms with Gasteiger partial charge < -0.3 is 37.9 Å². The van der Waals surface area contributed by atoms with Crippen LogP contribution in [0.4, 0.5) is 0 Å². The fourth-order valence-electron chi connectivity index (χ4n) is 6.62. The van der Waals surface area contributed by atoms with Crippen molar-refractivity contribution in [1.82, 2.24) is 0 Å². The zero-order chi connectivity index (χ0) is 42.4. The Kier molecular flexibility index (Phi) is 14.4. The van der Waals surface area contributed by atoms with Crippen molar-refractivity contribution in [2.24, 2.45) is 0 Å². The number of carbonyl (C=O) groups excluding carboxylic acids is 2. The van der Waals surface area contributed by atoms with E-state index in [2.05, 4.69) is 0 Å². The number of epoxide rings is 2. The van der Waals surface area contributed by atoms with Gasteiger partial charge in [0.05, 0.1) is 37.6 Å². The maximum atomic E-state index is 12.8. The van der Waals surface area contributed by atoms with Gasteiger partial charge in [-0.05, 0) is 132 Å². The van der Waals surface area contributed by atoms with E-state index in [4.69, 9.17) is 37.9 Å². The minimum atomic E-state index is -0.421. The zero-order valence-electron chi connectivity index (χ0n) is 34.6. The lowest BCUT2D eigenvalue weighted by atomic mass is 10.1. The summed E-state index contributed by atoms with van der Waals surface area (Å²) in [6, 6.07) is 44.8. The number of esters is 2. The van der Waals surface area contributed by atoms with E-state index in [0.29, 0.717) is 49.1 Å². The first-order valence-electron chi connectivity index (χ1n) is 21.3. The third kappa shape index (κ3) is 12.9. The van der Waals surface area contributed by atoms with Crippen molar-refractivity contribution in [3.05, 3.63) is 157 Å². The molecule has 0 N–H and O–H groups in total. The number of rotatable bonds is 23. The molecule has 10 heteroatoms. The molecule has 6 aromatic carbocycles. The summed E-state index contributed by atoms with van der Waals surface area (Å²) in [4.78, 5) is 25.5. The van der Waals surface area contributed by atoms with Gasteiger partial charge in [0.25, 0.3) is 0 Å². The molecule has 62 heavy (non-hydrogen) atoms. The van der Waals surface area contributed by atoms with E-state index in [0.717, 1.165) is 97.0 Å². The van der Waals surface area contributed by atoms with Gasteiger partial charge >= 0.3 is 11.9 Å². The van der Waals surface area contributed by atoms with E-state index in [1.165, 1.54) is 0 Å². The maximum Gasteiger partial charge on any atom is 0.343 e. The number of benzene rings is 6. The fourth-order valence-corrected chi connectivity index (χ4v) is 6.62. The van der Waals surface area contributed by atoms with Gasteiger partial charge in [0.1, 0.15) is 59.9 Å². The number of carbonyl (C=O) groups is 2. The molecule has 0 aromatic heterocycles. The molecule has 0 bridgehead atoms. The van der Waals surface area contributed by atoms with Crippen molar-refractivity contribution in [2.75, 3.05) is 39.6 Å². The van der Waals surface area contributed by atoms with Crippen LogP contribution >= 0.6 is 0 Å². The van der Waals surface area contributed by atoms with Crippen LogP contribution in [0.3, 0.4) is 0 Å². The molecular formula is C52H50O10. The Bertz CT molecular complexity index is 2150. The Balaban J connectivity index is 0.649. The number of hydrogen-bond donors (Lipinski definition) is 0. The van der Waals surface area contributed by atoms with Crippen molar-refractivity contribution in [3.8, 4) is 56.8 Å². The molecule has 6 aromatic rings. The van der Waals surface area contributed by atoms with Crippen molar-refractivity contribution in [3.63, 3.8) is 0 Å². The van der Waals surface area contributed by atoms with Gasteiger partial charge in [0.2, 0.25) is 0 Å². The van der Waals surface area contributed by atoms with Crippen molar-refractivity contribution >= 4 is 11.9 Å². The molecule has 0 radical (unpaired) electrons. The Morgan fingerprint density at radius 2 is 0.645 bits per heavy atom. The van der Waals surface area contributed by atoms with E-state index >= 15 is 0 Å². The van der Waals surface area contributed by atoms with E-state index in [1.54, 1.807) is 72.8 Å². The summed E-state index contributed by atoms with van der Waals surface area (Å²) in [7, 11) is 0. The highest BCUT2D eigenvalue weighted by atomic mass is 16.6. The quantitative estimate of drug-likeness (QED) is 0.0267. The summed E-state index contributed by atoms with van der Waals surface area (Å²) < 4.78 is 44.8. The van der Waals surface area contributed by atoms with Crippen LogP contribution in [-0.2, 0) is 9.47 Å². The second-order valence-corrected chi connectivity index (χ2v) is 15.3. The zero-order valence-corrected chi connectivity index (χ0v) is 34.6. The van der Waals surface area contributed by atoms with Crippen LogP contribution in [0.1, 0.15) is 59.2 Å². The molecule has 2 aliphatic heterocycles. The summed E-state index contributed by atoms with van der Waals surface area (Å²) >= 11 is 0. The first-order valence-corrected chi connectivity index (χ1v) is 21.3. The van der Waals surface area contributed by atoms with E-state index < -0.39 is 11.9 Å². The topological polar surface area (TPSA) is 115 Å². The predicted octanol–water partition coefficient (Wildman–Crippen LogP) is 10.8. The molecule has 2 atom stereocenters. The first kappa shape index (κ1) is 42.1. The van der Waals surface area contributed by atoms with Gasteiger partial charge in [-0.1, -0.05) is 74.2 Å². The maximum absolute atomic E-state index is 12.8. The van der Waals surface area contributed by atoms with Crippen molar-refractivity contribution in [1.29, 1.82) is 0 Å². The van der Waals surface area contributed by atoms with Crippen LogP contribution in [0.15, 0.2) is 146 Å². The minimum Gasteiger partial charge on any atom is -0.494 e. The second kappa shape index (κ2) is 21.3. The molecule has 0 saturated carbocycles. The van der Waals surface area contributed by atoms with Crippen LogP contribution < -0.4 is 28.4 Å². The van der Waals surface area contributed by atoms with Gasteiger partial charge in [-0.3, -0.25) is 0 Å². The monoisotopic (exact) mass is 834 g/mol. The third-order valence-corrected chi connectivity index (χ3v) is 10.4. The molecule has 2 heterocycles. The Labute approximate surface area is 362 Å². The van der Waals surface area contributed by atoms with Gasteiger partial charge in [-0.2, -0.15) is 0 Å². The molecule has 2 unspecified atom stereocenters. The molecule has 8 rings (SSSR count). The average Bonchev–Trinajstić information content (AvgIpc) is 4.27.